The van der Waals surface area contributed by atoms with Crippen molar-refractivity contribution in [2.45, 2.75) is 10.8 Å². The molecule has 3 aliphatic carbocycles. The Kier molecular flexibility index (Phi) is 8.24. The lowest BCUT2D eigenvalue weighted by Gasteiger charge is -2.34. The van der Waals surface area contributed by atoms with Crippen LogP contribution >= 0.6 is 0 Å². The fraction of sp³-hybridized carbons (Fsp3) is 0.0294. The number of nitrogens with zero attached hydrogens (tertiary/aromatic N) is 1. The second-order valence-electron chi connectivity index (χ2n) is 19.0. The first-order valence-electron chi connectivity index (χ1n) is 24.3. The lowest BCUT2D eigenvalue weighted by atomic mass is 9.68. The van der Waals surface area contributed by atoms with Crippen molar-refractivity contribution in [2.24, 2.45) is 0 Å². The Morgan fingerprint density at radius 3 is 1.46 bits per heavy atom. The van der Waals surface area contributed by atoms with Gasteiger partial charge in [0, 0.05) is 16.8 Å². The Morgan fingerprint density at radius 1 is 0.286 bits per heavy atom. The molecule has 0 saturated heterocycles. The molecule has 0 aliphatic heterocycles. The molecule has 0 bridgehead atoms. The predicted molar refractivity (Wildman–Crippen MR) is 287 cm³/mol. The van der Waals surface area contributed by atoms with E-state index in [9.17, 15) is 0 Å². The molecule has 0 radical (unpaired) electrons. The molecule has 0 N–H and O–H groups in total. The van der Waals surface area contributed by atoms with Crippen molar-refractivity contribution in [1.82, 2.24) is 0 Å². The molecule has 11 aromatic carbocycles. The summed E-state index contributed by atoms with van der Waals surface area (Å²) in [5.74, 6) is 0. The molecule has 12 aromatic rings. The van der Waals surface area contributed by atoms with E-state index in [0.29, 0.717) is 0 Å². The normalized spacial score (nSPS) is 13.9. The van der Waals surface area contributed by atoms with Crippen molar-refractivity contribution in [3.63, 3.8) is 0 Å². The van der Waals surface area contributed by atoms with Gasteiger partial charge >= 0.3 is 0 Å². The van der Waals surface area contributed by atoms with Crippen molar-refractivity contribution in [3.8, 4) is 44.5 Å². The van der Waals surface area contributed by atoms with Crippen LogP contribution in [-0.2, 0) is 10.8 Å². The van der Waals surface area contributed by atoms with E-state index in [1.165, 1.54) is 89.0 Å². The summed E-state index contributed by atoms with van der Waals surface area (Å²) in [6.07, 6.45) is 0. The quantitative estimate of drug-likeness (QED) is 0.165. The number of benzene rings is 11. The summed E-state index contributed by atoms with van der Waals surface area (Å²) in [6.45, 7) is 0. The Hall–Kier alpha value is -8.98. The number of hydrogen-bond acceptors (Lipinski definition) is 2. The monoisotopic (exact) mass is 889 g/mol. The van der Waals surface area contributed by atoms with Crippen LogP contribution in [0.2, 0.25) is 0 Å². The van der Waals surface area contributed by atoms with Gasteiger partial charge in [-0.2, -0.15) is 0 Å². The zero-order valence-corrected chi connectivity index (χ0v) is 38.2. The van der Waals surface area contributed by atoms with E-state index >= 15 is 0 Å². The molecule has 1 heterocycles. The van der Waals surface area contributed by atoms with Gasteiger partial charge in [-0.15, -0.1) is 0 Å². The number of para-hydroxylation sites is 1. The van der Waals surface area contributed by atoms with E-state index in [4.69, 9.17) is 4.42 Å². The van der Waals surface area contributed by atoms with Crippen LogP contribution in [0, 0.1) is 0 Å². The molecule has 0 fully saturated rings. The third-order valence-electron chi connectivity index (χ3n) is 15.8. The summed E-state index contributed by atoms with van der Waals surface area (Å²) < 4.78 is 6.65. The zero-order valence-electron chi connectivity index (χ0n) is 38.2. The topological polar surface area (TPSA) is 16.4 Å². The summed E-state index contributed by atoms with van der Waals surface area (Å²) in [5.41, 5.74) is 24.2. The van der Waals surface area contributed by atoms with Gasteiger partial charge in [-0.1, -0.05) is 212 Å². The van der Waals surface area contributed by atoms with Crippen molar-refractivity contribution in [2.75, 3.05) is 4.90 Å². The van der Waals surface area contributed by atoms with Crippen LogP contribution in [0.15, 0.2) is 265 Å². The molecule has 1 spiro atoms. The van der Waals surface area contributed by atoms with Crippen LogP contribution in [0.4, 0.5) is 17.1 Å². The van der Waals surface area contributed by atoms with Crippen LogP contribution < -0.4 is 4.90 Å². The minimum atomic E-state index is -0.555. The molecule has 0 atom stereocenters. The minimum absolute atomic E-state index is 0.508. The summed E-state index contributed by atoms with van der Waals surface area (Å²) >= 11 is 0. The van der Waals surface area contributed by atoms with Gasteiger partial charge < -0.3 is 9.32 Å². The molecule has 0 saturated carbocycles. The molecule has 2 nitrogen and oxygen atoms in total. The Labute approximate surface area is 407 Å². The zero-order chi connectivity index (χ0) is 46.0. The summed E-state index contributed by atoms with van der Waals surface area (Å²) in [4.78, 5) is 2.50. The average Bonchev–Trinajstić information content (AvgIpc) is 4.15. The predicted octanol–water partition coefficient (Wildman–Crippen LogP) is 17.4. The maximum atomic E-state index is 6.65. The number of rotatable bonds is 6. The third-order valence-corrected chi connectivity index (χ3v) is 15.8. The maximum absolute atomic E-state index is 6.65. The molecule has 0 amide bonds. The molecule has 1 aromatic heterocycles. The van der Waals surface area contributed by atoms with Crippen molar-refractivity contribution < 1.29 is 4.42 Å². The molecule has 326 valence electrons. The van der Waals surface area contributed by atoms with E-state index < -0.39 is 10.8 Å². The highest BCUT2D eigenvalue weighted by atomic mass is 16.3. The molecule has 15 rings (SSSR count). The SMILES string of the molecule is c1ccc(-c2ccc3c(c2)C2(c4ccccc4-c4ccccc42)c2cc(N(c4ccc5c(c4)-c4ccccc4C5(c4ccccc4)c4ccccc4)c4cccc5oc6ccccc6c45)ccc2-3)cc1. The minimum Gasteiger partial charge on any atom is -0.456 e. The standard InChI is InChI=1S/C68H43NO/c1-4-19-44(20-5-1)45-35-38-53-54-39-36-49(43-62(54)68(61(53)41-45)58-30-15-10-25-50(58)51-26-11-16-31-59(51)68)69(63-32-18-34-65-66(63)55-28-13-17-33-64(55)70-65)48-37-40-60-56(42-48)52-27-12-14-29-57(52)67(60,46-21-6-2-7-22-46)47-23-8-3-9-24-47/h1-43H. The van der Waals surface area contributed by atoms with Crippen LogP contribution in [0.3, 0.4) is 0 Å². The Bertz CT molecular complexity index is 3990. The molecule has 0 unspecified atom stereocenters. The summed E-state index contributed by atoms with van der Waals surface area (Å²) in [6, 6.07) is 96.8. The van der Waals surface area contributed by atoms with Gasteiger partial charge in [0.1, 0.15) is 11.2 Å². The van der Waals surface area contributed by atoms with Gasteiger partial charge in [0.2, 0.25) is 0 Å². The first kappa shape index (κ1) is 39.1. The maximum Gasteiger partial charge on any atom is 0.137 e. The second kappa shape index (κ2) is 14.8. The first-order valence-corrected chi connectivity index (χ1v) is 24.3. The molecular weight excluding hydrogens is 847 g/mol. The van der Waals surface area contributed by atoms with Gasteiger partial charge in [-0.05, 0) is 138 Å². The lowest BCUT2D eigenvalue weighted by molar-refractivity contribution is 0.669. The van der Waals surface area contributed by atoms with Crippen LogP contribution in [0.5, 0.6) is 0 Å². The van der Waals surface area contributed by atoms with Crippen molar-refractivity contribution in [1.29, 1.82) is 0 Å². The van der Waals surface area contributed by atoms with E-state index in [1.54, 1.807) is 0 Å². The fourth-order valence-corrected chi connectivity index (χ4v) is 13.0. The first-order chi connectivity index (χ1) is 34.7. The lowest BCUT2D eigenvalue weighted by Crippen LogP contribution is -2.28. The molecule has 3 aliphatic rings. The molecule has 70 heavy (non-hydrogen) atoms. The van der Waals surface area contributed by atoms with Gasteiger partial charge in [0.05, 0.1) is 21.9 Å². The van der Waals surface area contributed by atoms with Crippen molar-refractivity contribution >= 4 is 39.0 Å². The number of hydrogen-bond donors (Lipinski definition) is 0. The third kappa shape index (κ3) is 5.17. The van der Waals surface area contributed by atoms with E-state index in [-0.39, 0.29) is 0 Å². The fourth-order valence-electron chi connectivity index (χ4n) is 13.0. The average molecular weight is 890 g/mol. The highest BCUT2D eigenvalue weighted by Crippen LogP contribution is 2.64. The van der Waals surface area contributed by atoms with Gasteiger partial charge in [-0.3, -0.25) is 0 Å². The van der Waals surface area contributed by atoms with Gasteiger partial charge in [0.25, 0.3) is 0 Å². The van der Waals surface area contributed by atoms with Crippen LogP contribution in [0.1, 0.15) is 44.5 Å². The summed E-state index contributed by atoms with van der Waals surface area (Å²) in [7, 11) is 0. The number of anilines is 3. The molecule has 2 heteroatoms. The highest BCUT2D eigenvalue weighted by molar-refractivity contribution is 6.13. The smallest absolute Gasteiger partial charge is 0.137 e. The highest BCUT2D eigenvalue weighted by Gasteiger charge is 2.52. The van der Waals surface area contributed by atoms with E-state index in [2.05, 4.69) is 266 Å². The summed E-state index contributed by atoms with van der Waals surface area (Å²) in [5, 5.41) is 2.18. The van der Waals surface area contributed by atoms with Crippen LogP contribution in [-0.4, -0.2) is 0 Å². The van der Waals surface area contributed by atoms with Crippen LogP contribution in [0.25, 0.3) is 66.4 Å². The van der Waals surface area contributed by atoms with E-state index in [1.807, 2.05) is 0 Å². The largest absolute Gasteiger partial charge is 0.456 e. The Balaban J connectivity index is 1.02. The number of fused-ring (bicyclic) bond motifs is 16. The number of furan rings is 1. The van der Waals surface area contributed by atoms with Gasteiger partial charge in [0.15, 0.2) is 0 Å². The molecular formula is C68H43NO. The Morgan fingerprint density at radius 2 is 0.771 bits per heavy atom. The van der Waals surface area contributed by atoms with E-state index in [0.717, 1.165) is 39.0 Å². The van der Waals surface area contributed by atoms with Gasteiger partial charge in [-0.25, -0.2) is 0 Å². The van der Waals surface area contributed by atoms with Crippen molar-refractivity contribution in [3.05, 3.63) is 305 Å². The second-order valence-corrected chi connectivity index (χ2v) is 19.0.